The van der Waals surface area contributed by atoms with Crippen molar-refractivity contribution < 1.29 is 9.53 Å². The number of hydrogen-bond acceptors (Lipinski definition) is 11. The summed E-state index contributed by atoms with van der Waals surface area (Å²) >= 11 is 0. The molecule has 1 atom stereocenters. The average Bonchev–Trinajstić information content (AvgIpc) is 3.50. The van der Waals surface area contributed by atoms with Gasteiger partial charge in [0.05, 0.1) is 35.6 Å². The number of aryl methyl sites for hydroxylation is 1. The Bertz CT molecular complexity index is 1480. The number of likely N-dealkylation sites (tertiary alicyclic amines) is 1. The van der Waals surface area contributed by atoms with Crippen LogP contribution in [0.3, 0.4) is 0 Å². The number of amides is 1. The SMILES string of the molecule is C=CC(=O)Nc1cc(Nc2ncnc(N3CC4(CCN(C)C4)c4nc(C)ccc43)n2)c(OC)cc1N(C)CCN(C)C. The van der Waals surface area contributed by atoms with Crippen molar-refractivity contribution in [2.24, 2.45) is 0 Å². The van der Waals surface area contributed by atoms with E-state index in [-0.39, 0.29) is 11.3 Å². The Morgan fingerprint density at radius 2 is 1.95 bits per heavy atom. The van der Waals surface area contributed by atoms with Crippen LogP contribution in [-0.2, 0) is 10.2 Å². The maximum Gasteiger partial charge on any atom is 0.247 e. The predicted octanol–water partition coefficient (Wildman–Crippen LogP) is 3.17. The number of nitrogens with one attached hydrogen (secondary N) is 2. The molecule has 1 spiro atoms. The second kappa shape index (κ2) is 11.9. The van der Waals surface area contributed by atoms with Crippen LogP contribution in [0.15, 0.2) is 43.2 Å². The molecule has 1 unspecified atom stereocenters. The van der Waals surface area contributed by atoms with Gasteiger partial charge >= 0.3 is 0 Å². The van der Waals surface area contributed by atoms with Gasteiger partial charge in [-0.25, -0.2) is 9.97 Å². The van der Waals surface area contributed by atoms with Crippen molar-refractivity contribution in [3.05, 3.63) is 54.6 Å². The summed E-state index contributed by atoms with van der Waals surface area (Å²) in [6, 6.07) is 7.87. The molecule has 0 radical (unpaired) electrons. The minimum Gasteiger partial charge on any atom is -0.494 e. The van der Waals surface area contributed by atoms with Crippen LogP contribution in [0.25, 0.3) is 0 Å². The van der Waals surface area contributed by atoms with Gasteiger partial charge in [-0.3, -0.25) is 9.78 Å². The fourth-order valence-electron chi connectivity index (χ4n) is 5.70. The third-order valence-electron chi connectivity index (χ3n) is 7.91. The van der Waals surface area contributed by atoms with Crippen molar-refractivity contribution in [3.63, 3.8) is 0 Å². The largest absolute Gasteiger partial charge is 0.494 e. The van der Waals surface area contributed by atoms with E-state index in [4.69, 9.17) is 14.7 Å². The zero-order valence-electron chi connectivity index (χ0n) is 25.3. The molecule has 0 aliphatic carbocycles. The van der Waals surface area contributed by atoms with Crippen LogP contribution in [0.5, 0.6) is 5.75 Å². The first-order valence-corrected chi connectivity index (χ1v) is 14.0. The summed E-state index contributed by atoms with van der Waals surface area (Å²) < 4.78 is 5.75. The molecule has 222 valence electrons. The molecule has 3 aromatic rings. The number of rotatable bonds is 10. The molecule has 4 heterocycles. The van der Waals surface area contributed by atoms with Gasteiger partial charge in [-0.1, -0.05) is 6.58 Å². The lowest BCUT2D eigenvalue weighted by molar-refractivity contribution is -0.111. The minimum absolute atomic E-state index is 0.0632. The van der Waals surface area contributed by atoms with Crippen LogP contribution in [-0.4, -0.2) is 104 Å². The molecule has 42 heavy (non-hydrogen) atoms. The summed E-state index contributed by atoms with van der Waals surface area (Å²) in [5.74, 6) is 1.18. The van der Waals surface area contributed by atoms with E-state index in [1.807, 2.05) is 46.3 Å². The summed E-state index contributed by atoms with van der Waals surface area (Å²) in [6.45, 7) is 9.94. The van der Waals surface area contributed by atoms with E-state index in [1.54, 1.807) is 7.11 Å². The topological polar surface area (TPSA) is 115 Å². The lowest BCUT2D eigenvalue weighted by atomic mass is 9.85. The molecule has 2 N–H and O–H groups in total. The Kier molecular flexibility index (Phi) is 8.28. The lowest BCUT2D eigenvalue weighted by Gasteiger charge is -2.26. The number of fused-ring (bicyclic) bond motifs is 2. The van der Waals surface area contributed by atoms with Crippen molar-refractivity contribution in [3.8, 4) is 5.75 Å². The van der Waals surface area contributed by atoms with Crippen molar-refractivity contribution in [2.75, 3.05) is 88.5 Å². The van der Waals surface area contributed by atoms with Gasteiger partial charge in [0.15, 0.2) is 0 Å². The van der Waals surface area contributed by atoms with E-state index in [9.17, 15) is 4.79 Å². The van der Waals surface area contributed by atoms with Crippen LogP contribution < -0.4 is 25.2 Å². The zero-order valence-corrected chi connectivity index (χ0v) is 25.3. The van der Waals surface area contributed by atoms with Gasteiger partial charge in [-0.05, 0) is 65.3 Å². The monoisotopic (exact) mass is 572 g/mol. The third-order valence-corrected chi connectivity index (χ3v) is 7.91. The highest BCUT2D eigenvalue weighted by atomic mass is 16.5. The van der Waals surface area contributed by atoms with Crippen LogP contribution >= 0.6 is 0 Å². The molecule has 1 saturated heterocycles. The fraction of sp³-hybridized carbons (Fsp3) is 0.433. The summed E-state index contributed by atoms with van der Waals surface area (Å²) in [6.07, 6.45) is 3.79. The van der Waals surface area contributed by atoms with Crippen molar-refractivity contribution in [1.82, 2.24) is 29.7 Å². The quantitative estimate of drug-likeness (QED) is 0.349. The Morgan fingerprint density at radius 3 is 2.64 bits per heavy atom. The molecule has 1 aromatic carbocycles. The molecule has 2 aromatic heterocycles. The first-order valence-electron chi connectivity index (χ1n) is 14.0. The van der Waals surface area contributed by atoms with Gasteiger partial charge in [-0.2, -0.15) is 4.98 Å². The average molecular weight is 573 g/mol. The summed E-state index contributed by atoms with van der Waals surface area (Å²) in [7, 11) is 9.79. The molecule has 12 heteroatoms. The van der Waals surface area contributed by atoms with Gasteiger partial charge in [0, 0.05) is 50.4 Å². The van der Waals surface area contributed by atoms with Crippen LogP contribution in [0.2, 0.25) is 0 Å². The van der Waals surface area contributed by atoms with Gasteiger partial charge in [-0.15, -0.1) is 0 Å². The molecule has 2 aliphatic rings. The molecule has 1 fully saturated rings. The maximum atomic E-state index is 12.3. The summed E-state index contributed by atoms with van der Waals surface area (Å²) in [5.41, 5.74) is 5.11. The highest BCUT2D eigenvalue weighted by Gasteiger charge is 2.48. The number of pyridine rings is 1. The van der Waals surface area contributed by atoms with Crippen molar-refractivity contribution >= 4 is 40.6 Å². The summed E-state index contributed by atoms with van der Waals surface area (Å²) in [5, 5.41) is 6.22. The van der Waals surface area contributed by atoms with Crippen molar-refractivity contribution in [2.45, 2.75) is 18.8 Å². The molecule has 5 rings (SSSR count). The normalized spacial score (nSPS) is 17.9. The lowest BCUT2D eigenvalue weighted by Crippen LogP contribution is -2.35. The van der Waals surface area contributed by atoms with E-state index in [0.29, 0.717) is 29.0 Å². The highest BCUT2D eigenvalue weighted by Crippen LogP contribution is 2.47. The van der Waals surface area contributed by atoms with Gasteiger partial charge in [0.25, 0.3) is 0 Å². The molecule has 12 nitrogen and oxygen atoms in total. The van der Waals surface area contributed by atoms with E-state index >= 15 is 0 Å². The van der Waals surface area contributed by atoms with E-state index < -0.39 is 0 Å². The van der Waals surface area contributed by atoms with E-state index in [0.717, 1.165) is 61.9 Å². The molecular formula is C30H40N10O2. The smallest absolute Gasteiger partial charge is 0.247 e. The minimum atomic E-state index is -0.307. The standard InChI is InChI=1S/C30H40N10O2/c1-8-26(41)34-21-15-22(25(42-7)16-24(21)39(6)14-13-37(3)4)35-28-31-19-32-29(36-28)40-18-30(11-12-38(5)17-30)27-23(40)10-9-20(2)33-27/h8-10,15-16,19H,1,11-14,17-18H2,2-7H3,(H,34,41)(H,31,32,35,36). The number of likely N-dealkylation sites (N-methyl/N-ethyl adjacent to an activating group) is 3. The summed E-state index contributed by atoms with van der Waals surface area (Å²) in [4.78, 5) is 39.8. The Balaban J connectivity index is 1.47. The first kappa shape index (κ1) is 29.2. The number of carbonyl (C=O) groups is 1. The Labute approximate surface area is 247 Å². The van der Waals surface area contributed by atoms with E-state index in [2.05, 4.69) is 59.9 Å². The fourth-order valence-corrected chi connectivity index (χ4v) is 5.70. The Morgan fingerprint density at radius 1 is 1.14 bits per heavy atom. The number of anilines is 6. The number of aromatic nitrogens is 4. The zero-order chi connectivity index (χ0) is 30.0. The number of nitrogens with zero attached hydrogens (tertiary/aromatic N) is 8. The predicted molar refractivity (Wildman–Crippen MR) is 167 cm³/mol. The van der Waals surface area contributed by atoms with Gasteiger partial charge in [0.2, 0.25) is 17.8 Å². The first-order chi connectivity index (χ1) is 20.1. The number of hydrogen-bond donors (Lipinski definition) is 2. The molecule has 0 saturated carbocycles. The van der Waals surface area contributed by atoms with Gasteiger partial charge < -0.3 is 35.0 Å². The molecule has 2 aliphatic heterocycles. The van der Waals surface area contributed by atoms with Crippen LogP contribution in [0.4, 0.5) is 34.6 Å². The van der Waals surface area contributed by atoms with Crippen LogP contribution in [0.1, 0.15) is 17.8 Å². The Hall–Kier alpha value is -4.29. The second-order valence-corrected chi connectivity index (χ2v) is 11.4. The molecule has 1 amide bonds. The highest BCUT2D eigenvalue weighted by molar-refractivity contribution is 6.02. The third kappa shape index (κ3) is 5.86. The number of ether oxygens (including phenoxy) is 1. The maximum absolute atomic E-state index is 12.3. The molecule has 0 bridgehead atoms. The second-order valence-electron chi connectivity index (χ2n) is 11.4. The number of carbonyl (C=O) groups excluding carboxylic acids is 1. The van der Waals surface area contributed by atoms with Crippen molar-refractivity contribution in [1.29, 1.82) is 0 Å². The van der Waals surface area contributed by atoms with Gasteiger partial charge in [0.1, 0.15) is 12.1 Å². The number of benzene rings is 1. The van der Waals surface area contributed by atoms with Crippen LogP contribution in [0, 0.1) is 6.92 Å². The molecular weight excluding hydrogens is 532 g/mol. The number of methoxy groups -OCH3 is 1. The van der Waals surface area contributed by atoms with E-state index in [1.165, 1.54) is 12.4 Å².